The summed E-state index contributed by atoms with van der Waals surface area (Å²) in [6.07, 6.45) is -0.371. The third kappa shape index (κ3) is 7.30. The Morgan fingerprint density at radius 1 is 1.19 bits per heavy atom. The maximum atomic E-state index is 12.7. The third-order valence-corrected chi connectivity index (χ3v) is 5.54. The molecular formula is C26H30N6O4. The van der Waals surface area contributed by atoms with Gasteiger partial charge in [0.25, 0.3) is 5.91 Å². The summed E-state index contributed by atoms with van der Waals surface area (Å²) in [6.45, 7) is 7.03. The van der Waals surface area contributed by atoms with Crippen LogP contribution in [0.15, 0.2) is 47.5 Å². The van der Waals surface area contributed by atoms with Gasteiger partial charge in [0.1, 0.15) is 0 Å². The van der Waals surface area contributed by atoms with Crippen LogP contribution in [0.4, 0.5) is 5.69 Å². The largest absolute Gasteiger partial charge is 0.481 e. The molecule has 0 fully saturated rings. The van der Waals surface area contributed by atoms with Gasteiger partial charge in [-0.25, -0.2) is 0 Å². The van der Waals surface area contributed by atoms with Crippen molar-refractivity contribution in [1.82, 2.24) is 16.0 Å². The number of aliphatic carboxylic acids is 1. The van der Waals surface area contributed by atoms with Crippen molar-refractivity contribution >= 4 is 29.4 Å². The number of carbonyl (C=O) groups excluding carboxylic acids is 2. The zero-order chi connectivity index (χ0) is 26.3. The lowest BCUT2D eigenvalue weighted by molar-refractivity contribution is -0.137. The lowest BCUT2D eigenvalue weighted by Crippen LogP contribution is -2.39. The summed E-state index contributed by atoms with van der Waals surface area (Å²) in [6, 6.07) is 13.1. The van der Waals surface area contributed by atoms with Gasteiger partial charge in [-0.3, -0.25) is 19.4 Å². The Kier molecular flexibility index (Phi) is 8.27. The number of hydrogen-bond acceptors (Lipinski definition) is 7. The number of nitrogens with zero attached hydrogens (tertiary/aromatic N) is 2. The maximum Gasteiger partial charge on any atom is 0.305 e. The number of carboxylic acid groups (broad SMARTS) is 1. The van der Waals surface area contributed by atoms with Crippen LogP contribution in [0.3, 0.4) is 0 Å². The quantitative estimate of drug-likeness (QED) is 0.380. The van der Waals surface area contributed by atoms with Crippen molar-refractivity contribution in [1.29, 1.82) is 5.26 Å². The van der Waals surface area contributed by atoms with E-state index in [9.17, 15) is 24.8 Å². The molecule has 1 aliphatic rings. The number of nitrogens with one attached hydrogen (secondary N) is 4. The van der Waals surface area contributed by atoms with Crippen molar-refractivity contribution in [3.8, 4) is 6.07 Å². The first-order valence-corrected chi connectivity index (χ1v) is 11.6. The van der Waals surface area contributed by atoms with Gasteiger partial charge in [0, 0.05) is 17.8 Å². The highest BCUT2D eigenvalue weighted by Gasteiger charge is 2.22. The molecule has 1 aliphatic heterocycles. The normalized spacial score (nSPS) is 13.6. The van der Waals surface area contributed by atoms with Gasteiger partial charge in [-0.15, -0.1) is 0 Å². The van der Waals surface area contributed by atoms with Gasteiger partial charge >= 0.3 is 5.97 Å². The fraction of sp³-hybridized carbons (Fsp3) is 0.346. The van der Waals surface area contributed by atoms with E-state index in [0.29, 0.717) is 34.9 Å². The van der Waals surface area contributed by atoms with Crippen LogP contribution in [-0.4, -0.2) is 48.5 Å². The lowest BCUT2D eigenvalue weighted by atomic mass is 9.84. The van der Waals surface area contributed by atoms with Crippen LogP contribution in [0.25, 0.3) is 0 Å². The van der Waals surface area contributed by atoms with Crippen LogP contribution in [-0.2, 0) is 15.0 Å². The van der Waals surface area contributed by atoms with Gasteiger partial charge in [0.15, 0.2) is 5.96 Å². The molecule has 0 aromatic heterocycles. The van der Waals surface area contributed by atoms with Crippen LogP contribution in [0.1, 0.15) is 60.3 Å². The van der Waals surface area contributed by atoms with Crippen LogP contribution < -0.4 is 21.3 Å². The predicted octanol–water partition coefficient (Wildman–Crippen LogP) is 2.29. The van der Waals surface area contributed by atoms with E-state index in [2.05, 4.69) is 32.3 Å². The van der Waals surface area contributed by atoms with Gasteiger partial charge in [-0.2, -0.15) is 5.26 Å². The van der Waals surface area contributed by atoms with Crippen LogP contribution >= 0.6 is 0 Å². The zero-order valence-corrected chi connectivity index (χ0v) is 20.5. The second-order valence-electron chi connectivity index (χ2n) is 9.47. The molecule has 10 nitrogen and oxygen atoms in total. The Morgan fingerprint density at radius 2 is 1.97 bits per heavy atom. The highest BCUT2D eigenvalue weighted by molar-refractivity contribution is 5.99. The number of carbonyl (C=O) groups is 3. The molecule has 0 saturated carbocycles. The van der Waals surface area contributed by atoms with Crippen LogP contribution in [0.2, 0.25) is 0 Å². The maximum absolute atomic E-state index is 12.7. The van der Waals surface area contributed by atoms with Crippen LogP contribution in [0.5, 0.6) is 0 Å². The molecule has 5 N–H and O–H groups in total. The molecular weight excluding hydrogens is 460 g/mol. The van der Waals surface area contributed by atoms with E-state index >= 15 is 0 Å². The monoisotopic (exact) mass is 490 g/mol. The average molecular weight is 491 g/mol. The second-order valence-corrected chi connectivity index (χ2v) is 9.47. The van der Waals surface area contributed by atoms with E-state index in [1.807, 2.05) is 20.8 Å². The third-order valence-electron chi connectivity index (χ3n) is 5.54. The molecule has 0 saturated heterocycles. The standard InChI is InChI=1S/C26H30N6O4/c1-26(2,3)19-10-16(14-27)9-18(11-19)21(13-23(34)35)32-22(33)15-30-24(36)17-5-4-6-20(12-17)31-25-28-7-8-29-25/h4-6,9-12,21H,7-8,13,15H2,1-3H3,(H,30,36)(H,32,33)(H,34,35)(H2,28,29,31)/t21-/m0/s1. The molecule has 0 aliphatic carbocycles. The number of aliphatic imine (C=N–C) groups is 1. The van der Waals surface area contributed by atoms with Crippen molar-refractivity contribution in [3.63, 3.8) is 0 Å². The molecule has 188 valence electrons. The number of nitriles is 1. The smallest absolute Gasteiger partial charge is 0.305 e. The molecule has 1 atom stereocenters. The minimum atomic E-state index is -1.10. The topological polar surface area (TPSA) is 156 Å². The molecule has 36 heavy (non-hydrogen) atoms. The van der Waals surface area contributed by atoms with E-state index in [-0.39, 0.29) is 18.4 Å². The van der Waals surface area contributed by atoms with Crippen molar-refractivity contribution < 1.29 is 19.5 Å². The van der Waals surface area contributed by atoms with Crippen molar-refractivity contribution in [2.45, 2.75) is 38.6 Å². The van der Waals surface area contributed by atoms with E-state index in [4.69, 9.17) is 0 Å². The molecule has 0 bridgehead atoms. The summed E-state index contributed by atoms with van der Waals surface area (Å²) in [7, 11) is 0. The van der Waals surface area contributed by atoms with Gasteiger partial charge in [-0.1, -0.05) is 32.9 Å². The summed E-state index contributed by atoms with van der Waals surface area (Å²) in [5.41, 5.74) is 2.49. The minimum absolute atomic E-state index is 0.281. The predicted molar refractivity (Wildman–Crippen MR) is 136 cm³/mol. The highest BCUT2D eigenvalue weighted by atomic mass is 16.4. The number of guanidine groups is 1. The average Bonchev–Trinajstić information content (AvgIpc) is 3.34. The number of hydrogen-bond donors (Lipinski definition) is 5. The SMILES string of the molecule is CC(C)(C)c1cc(C#N)cc([C@H](CC(=O)O)NC(=O)CNC(=O)c2cccc(NC3=NCCN3)c2)c1. The summed E-state index contributed by atoms with van der Waals surface area (Å²) < 4.78 is 0. The van der Waals surface area contributed by atoms with Crippen molar-refractivity contribution in [2.24, 2.45) is 4.99 Å². The van der Waals surface area contributed by atoms with E-state index < -0.39 is 23.8 Å². The first-order valence-electron chi connectivity index (χ1n) is 11.6. The van der Waals surface area contributed by atoms with E-state index in [0.717, 1.165) is 12.1 Å². The molecule has 2 amide bonds. The number of carboxylic acids is 1. The lowest BCUT2D eigenvalue weighted by Gasteiger charge is -2.23. The van der Waals surface area contributed by atoms with E-state index in [1.54, 1.807) is 42.5 Å². The molecule has 3 rings (SSSR count). The molecule has 10 heteroatoms. The molecule has 0 unspecified atom stereocenters. The van der Waals surface area contributed by atoms with Gasteiger partial charge in [0.05, 0.1) is 37.2 Å². The Balaban J connectivity index is 1.68. The van der Waals surface area contributed by atoms with E-state index in [1.165, 1.54) is 0 Å². The second kappa shape index (κ2) is 11.4. The summed E-state index contributed by atoms with van der Waals surface area (Å²) in [4.78, 5) is 41.0. The molecule has 0 spiro atoms. The minimum Gasteiger partial charge on any atom is -0.481 e. The number of amides is 2. The van der Waals surface area contributed by atoms with Gasteiger partial charge in [-0.05, 0) is 46.9 Å². The number of rotatable bonds is 8. The van der Waals surface area contributed by atoms with Crippen LogP contribution in [0, 0.1) is 11.3 Å². The Morgan fingerprint density at radius 3 is 2.61 bits per heavy atom. The zero-order valence-electron chi connectivity index (χ0n) is 20.5. The fourth-order valence-electron chi connectivity index (χ4n) is 3.64. The molecule has 2 aromatic carbocycles. The number of anilines is 1. The van der Waals surface area contributed by atoms with Gasteiger partial charge < -0.3 is 26.4 Å². The summed E-state index contributed by atoms with van der Waals surface area (Å²) in [5, 5.41) is 30.3. The Labute approximate surface area is 209 Å². The first-order chi connectivity index (χ1) is 17.0. The molecule has 0 radical (unpaired) electrons. The van der Waals surface area contributed by atoms with Gasteiger partial charge in [0.2, 0.25) is 5.91 Å². The molecule has 1 heterocycles. The van der Waals surface area contributed by atoms with Crippen molar-refractivity contribution in [3.05, 3.63) is 64.7 Å². The number of benzene rings is 2. The van der Waals surface area contributed by atoms with Crippen molar-refractivity contribution in [2.75, 3.05) is 25.0 Å². The summed E-state index contributed by atoms with van der Waals surface area (Å²) in [5.74, 6) is -1.47. The highest BCUT2D eigenvalue weighted by Crippen LogP contribution is 2.28. The Bertz CT molecular complexity index is 1230. The fourth-order valence-corrected chi connectivity index (χ4v) is 3.64. The Hall–Kier alpha value is -4.39. The molecule has 2 aromatic rings. The summed E-state index contributed by atoms with van der Waals surface area (Å²) >= 11 is 0. The first kappa shape index (κ1) is 26.2.